The summed E-state index contributed by atoms with van der Waals surface area (Å²) in [7, 11) is 0. The van der Waals surface area contributed by atoms with Gasteiger partial charge in [-0.15, -0.1) is 0 Å². The zero-order valence-electron chi connectivity index (χ0n) is 10.6. The predicted octanol–water partition coefficient (Wildman–Crippen LogP) is 5.74. The molecule has 0 N–H and O–H groups in total. The highest BCUT2D eigenvalue weighted by molar-refractivity contribution is 9.10. The van der Waals surface area contributed by atoms with E-state index in [1.807, 2.05) is 0 Å². The Bertz CT molecular complexity index is 526. The molecule has 94 valence electrons. The topological polar surface area (TPSA) is 0 Å². The Kier molecular flexibility index (Phi) is 4.63. The third-order valence-corrected chi connectivity index (χ3v) is 4.43. The largest absolute Gasteiger partial charge is 0.0835 e. The Hall–Kier alpha value is -0.600. The second-order valence-corrected chi connectivity index (χ2v) is 6.63. The molecule has 0 amide bonds. The average molecular weight is 368 g/mol. The first-order chi connectivity index (χ1) is 8.58. The summed E-state index contributed by atoms with van der Waals surface area (Å²) in [6, 6.07) is 15.0. The van der Waals surface area contributed by atoms with E-state index in [0.29, 0.717) is 4.83 Å². The lowest BCUT2D eigenvalue weighted by molar-refractivity contribution is 0.926. The van der Waals surface area contributed by atoms with Crippen molar-refractivity contribution in [3.05, 3.63) is 69.2 Å². The minimum atomic E-state index is 0.369. The van der Waals surface area contributed by atoms with Gasteiger partial charge >= 0.3 is 0 Å². The lowest BCUT2D eigenvalue weighted by atomic mass is 9.96. The van der Waals surface area contributed by atoms with Gasteiger partial charge in [-0.3, -0.25) is 0 Å². The Labute approximate surface area is 126 Å². The average Bonchev–Trinajstić information content (AvgIpc) is 2.28. The highest BCUT2D eigenvalue weighted by Crippen LogP contribution is 2.32. The molecule has 2 heteroatoms. The Balaban J connectivity index is 2.25. The van der Waals surface area contributed by atoms with Crippen molar-refractivity contribution in [2.45, 2.75) is 25.1 Å². The number of benzene rings is 2. The fourth-order valence-corrected chi connectivity index (χ4v) is 3.84. The summed E-state index contributed by atoms with van der Waals surface area (Å²) < 4.78 is 1.14. The van der Waals surface area contributed by atoms with Crippen LogP contribution in [-0.2, 0) is 6.42 Å². The lowest BCUT2D eigenvalue weighted by Crippen LogP contribution is -2.00. The van der Waals surface area contributed by atoms with E-state index in [1.54, 1.807) is 0 Å². The van der Waals surface area contributed by atoms with E-state index in [9.17, 15) is 0 Å². The molecule has 2 aromatic rings. The van der Waals surface area contributed by atoms with E-state index in [0.717, 1.165) is 10.9 Å². The maximum atomic E-state index is 3.83. The van der Waals surface area contributed by atoms with Gasteiger partial charge in [0.1, 0.15) is 0 Å². The van der Waals surface area contributed by atoms with Crippen LogP contribution in [0.3, 0.4) is 0 Å². The van der Waals surface area contributed by atoms with Gasteiger partial charge in [0.2, 0.25) is 0 Å². The second kappa shape index (κ2) is 6.03. The smallest absolute Gasteiger partial charge is 0.0440 e. The van der Waals surface area contributed by atoms with Crippen LogP contribution in [0, 0.1) is 13.8 Å². The van der Waals surface area contributed by atoms with Crippen molar-refractivity contribution < 1.29 is 0 Å². The maximum absolute atomic E-state index is 3.83. The van der Waals surface area contributed by atoms with Gasteiger partial charge in [0, 0.05) is 9.30 Å². The Morgan fingerprint density at radius 3 is 2.22 bits per heavy atom. The fourth-order valence-electron chi connectivity index (χ4n) is 2.29. The number of rotatable bonds is 3. The molecule has 0 bridgehead atoms. The molecule has 0 radical (unpaired) electrons. The lowest BCUT2D eigenvalue weighted by Gasteiger charge is -2.16. The zero-order chi connectivity index (χ0) is 13.1. The van der Waals surface area contributed by atoms with E-state index in [1.165, 1.54) is 22.3 Å². The van der Waals surface area contributed by atoms with Crippen LogP contribution >= 0.6 is 31.9 Å². The molecule has 2 aromatic carbocycles. The molecular formula is C16H16Br2. The van der Waals surface area contributed by atoms with Crippen molar-refractivity contribution >= 4 is 31.9 Å². The molecule has 0 saturated carbocycles. The molecule has 0 spiro atoms. The van der Waals surface area contributed by atoms with Crippen molar-refractivity contribution in [3.8, 4) is 0 Å². The molecule has 0 aliphatic rings. The highest BCUT2D eigenvalue weighted by Gasteiger charge is 2.13. The summed E-state index contributed by atoms with van der Waals surface area (Å²) in [5.74, 6) is 0. The first-order valence-corrected chi connectivity index (χ1v) is 7.73. The number of halogens is 2. The van der Waals surface area contributed by atoms with Crippen molar-refractivity contribution in [1.82, 2.24) is 0 Å². The number of hydrogen-bond donors (Lipinski definition) is 0. The van der Waals surface area contributed by atoms with Crippen LogP contribution in [0.15, 0.2) is 46.9 Å². The summed E-state index contributed by atoms with van der Waals surface area (Å²) in [6.07, 6.45) is 1.01. The summed E-state index contributed by atoms with van der Waals surface area (Å²) in [5.41, 5.74) is 5.46. The summed E-state index contributed by atoms with van der Waals surface area (Å²) >= 11 is 7.36. The summed E-state index contributed by atoms with van der Waals surface area (Å²) in [5, 5.41) is 0. The van der Waals surface area contributed by atoms with Crippen molar-refractivity contribution in [2.24, 2.45) is 0 Å². The minimum Gasteiger partial charge on any atom is -0.0835 e. The standard InChI is InChI=1S/C16H16Br2/c1-11-5-3-6-12(2)16(11)15(18)10-13-7-4-8-14(17)9-13/h3-9,15H,10H2,1-2H3. The van der Waals surface area contributed by atoms with Gasteiger partial charge in [-0.25, -0.2) is 0 Å². The Morgan fingerprint density at radius 1 is 1.00 bits per heavy atom. The third kappa shape index (κ3) is 3.24. The molecule has 0 aromatic heterocycles. The summed E-state index contributed by atoms with van der Waals surface area (Å²) in [4.78, 5) is 0.369. The van der Waals surface area contributed by atoms with Gasteiger partial charge in [0.05, 0.1) is 0 Å². The molecule has 0 fully saturated rings. The molecular weight excluding hydrogens is 352 g/mol. The van der Waals surface area contributed by atoms with Crippen molar-refractivity contribution in [3.63, 3.8) is 0 Å². The van der Waals surface area contributed by atoms with E-state index >= 15 is 0 Å². The highest BCUT2D eigenvalue weighted by atomic mass is 79.9. The van der Waals surface area contributed by atoms with Crippen LogP contribution in [0.4, 0.5) is 0 Å². The molecule has 0 aliphatic carbocycles. The quantitative estimate of drug-likeness (QED) is 0.606. The van der Waals surface area contributed by atoms with Gasteiger partial charge in [-0.1, -0.05) is 62.2 Å². The molecule has 0 heterocycles. The minimum absolute atomic E-state index is 0.369. The van der Waals surface area contributed by atoms with Crippen LogP contribution in [0.1, 0.15) is 27.1 Å². The third-order valence-electron chi connectivity index (χ3n) is 3.16. The summed E-state index contributed by atoms with van der Waals surface area (Å²) in [6.45, 7) is 4.36. The number of alkyl halides is 1. The second-order valence-electron chi connectivity index (χ2n) is 4.61. The number of aryl methyl sites for hydroxylation is 2. The van der Waals surface area contributed by atoms with Gasteiger partial charge in [0.15, 0.2) is 0 Å². The first kappa shape index (κ1) is 13.8. The van der Waals surface area contributed by atoms with Gasteiger partial charge in [-0.2, -0.15) is 0 Å². The van der Waals surface area contributed by atoms with Crippen molar-refractivity contribution in [2.75, 3.05) is 0 Å². The van der Waals surface area contributed by atoms with E-state index in [4.69, 9.17) is 0 Å². The van der Waals surface area contributed by atoms with Crippen LogP contribution in [0.5, 0.6) is 0 Å². The van der Waals surface area contributed by atoms with E-state index in [-0.39, 0.29) is 0 Å². The molecule has 0 saturated heterocycles. The van der Waals surface area contributed by atoms with Crippen LogP contribution in [-0.4, -0.2) is 0 Å². The first-order valence-electron chi connectivity index (χ1n) is 6.02. The molecule has 2 rings (SSSR count). The van der Waals surface area contributed by atoms with Crippen LogP contribution < -0.4 is 0 Å². The maximum Gasteiger partial charge on any atom is 0.0440 e. The van der Waals surface area contributed by atoms with E-state index < -0.39 is 0 Å². The fraction of sp³-hybridized carbons (Fsp3) is 0.250. The molecule has 0 nitrogen and oxygen atoms in total. The van der Waals surface area contributed by atoms with Gasteiger partial charge in [-0.05, 0) is 54.7 Å². The predicted molar refractivity (Wildman–Crippen MR) is 85.4 cm³/mol. The normalized spacial score (nSPS) is 12.4. The molecule has 0 aliphatic heterocycles. The van der Waals surface area contributed by atoms with Gasteiger partial charge < -0.3 is 0 Å². The van der Waals surface area contributed by atoms with Gasteiger partial charge in [0.25, 0.3) is 0 Å². The molecule has 18 heavy (non-hydrogen) atoms. The SMILES string of the molecule is Cc1cccc(C)c1C(Br)Cc1cccc(Br)c1. The molecule has 1 unspecified atom stereocenters. The van der Waals surface area contributed by atoms with Crippen molar-refractivity contribution in [1.29, 1.82) is 0 Å². The zero-order valence-corrected chi connectivity index (χ0v) is 13.8. The molecule has 1 atom stereocenters. The van der Waals surface area contributed by atoms with Crippen LogP contribution in [0.25, 0.3) is 0 Å². The Morgan fingerprint density at radius 2 is 1.61 bits per heavy atom. The van der Waals surface area contributed by atoms with E-state index in [2.05, 4.69) is 88.2 Å². The van der Waals surface area contributed by atoms with Crippen LogP contribution in [0.2, 0.25) is 0 Å². The number of hydrogen-bond acceptors (Lipinski definition) is 0. The monoisotopic (exact) mass is 366 g/mol.